The fourth-order valence-electron chi connectivity index (χ4n) is 5.21. The van der Waals surface area contributed by atoms with E-state index in [1.54, 1.807) is 27.0 Å². The molecule has 0 aliphatic carbocycles. The number of anilines is 1. The second-order valence-corrected chi connectivity index (χ2v) is 11.6. The molecule has 0 bridgehead atoms. The molecule has 1 saturated heterocycles. The first-order chi connectivity index (χ1) is 18.6. The van der Waals surface area contributed by atoms with Gasteiger partial charge >= 0.3 is 5.69 Å². The molecule has 8 nitrogen and oxygen atoms in total. The van der Waals surface area contributed by atoms with E-state index in [1.165, 1.54) is 6.08 Å². The highest BCUT2D eigenvalue weighted by molar-refractivity contribution is 7.13. The number of carbonyl (C=O) groups excluding carboxylic acids is 1. The zero-order chi connectivity index (χ0) is 28.0. The summed E-state index contributed by atoms with van der Waals surface area (Å²) in [6.07, 6.45) is 3.07. The molecule has 1 aliphatic rings. The van der Waals surface area contributed by atoms with Crippen molar-refractivity contribution in [3.8, 4) is 16.3 Å². The first-order valence-electron chi connectivity index (χ1n) is 12.9. The number of pyridine rings is 2. The van der Waals surface area contributed by atoms with Gasteiger partial charge in [0.1, 0.15) is 11.5 Å². The van der Waals surface area contributed by atoms with Crippen LogP contribution in [0, 0.1) is 6.92 Å². The molecule has 2 unspecified atom stereocenters. The highest BCUT2D eigenvalue weighted by atomic mass is 35.5. The van der Waals surface area contributed by atoms with Gasteiger partial charge in [0.15, 0.2) is 5.65 Å². The Balaban J connectivity index is 1.79. The molecule has 0 radical (unpaired) electrons. The zero-order valence-corrected chi connectivity index (χ0v) is 24.3. The second-order valence-electron chi connectivity index (χ2n) is 10.3. The molecule has 39 heavy (non-hydrogen) atoms. The van der Waals surface area contributed by atoms with E-state index in [1.807, 2.05) is 64.3 Å². The van der Waals surface area contributed by atoms with Crippen molar-refractivity contribution in [3.05, 3.63) is 75.3 Å². The number of fused-ring (bicyclic) bond motifs is 1. The molecule has 4 aromatic rings. The normalized spacial score (nSPS) is 17.7. The van der Waals surface area contributed by atoms with E-state index in [9.17, 15) is 9.59 Å². The van der Waals surface area contributed by atoms with Gasteiger partial charge in [-0.1, -0.05) is 32.0 Å². The lowest BCUT2D eigenvalue weighted by molar-refractivity contribution is -0.128. The fraction of sp³-hybridized carbons (Fsp3) is 0.345. The molecule has 1 fully saturated rings. The van der Waals surface area contributed by atoms with E-state index in [2.05, 4.69) is 21.4 Å². The van der Waals surface area contributed by atoms with E-state index in [-0.39, 0.29) is 23.9 Å². The summed E-state index contributed by atoms with van der Waals surface area (Å²) in [5.74, 6) is 0.473. The average molecular weight is 563 g/mol. The predicted molar refractivity (Wildman–Crippen MR) is 158 cm³/mol. The molecular formula is C29H31ClN6O2S. The van der Waals surface area contributed by atoms with Crippen molar-refractivity contribution in [2.75, 3.05) is 18.0 Å². The summed E-state index contributed by atoms with van der Waals surface area (Å²) in [6.45, 7) is 14.7. The molecule has 4 aromatic heterocycles. The largest absolute Gasteiger partial charge is 0.355 e. The van der Waals surface area contributed by atoms with Crippen LogP contribution in [0.25, 0.3) is 27.3 Å². The van der Waals surface area contributed by atoms with Crippen LogP contribution in [0.3, 0.4) is 0 Å². The third kappa shape index (κ3) is 4.74. The summed E-state index contributed by atoms with van der Waals surface area (Å²) in [6, 6.07) is 7.38. The summed E-state index contributed by atoms with van der Waals surface area (Å²) in [7, 11) is 0. The second kappa shape index (κ2) is 10.5. The SMILES string of the molecule is C=CC(=O)N1CC(C)N(c2nc(=O)n(-c3cccnc3C(C)C)c3nc(-c4sccc4C)c(Cl)cc23)CC1C. The molecule has 202 valence electrons. The van der Waals surface area contributed by atoms with Crippen molar-refractivity contribution in [1.82, 2.24) is 24.4 Å². The number of thiophene rings is 1. The number of hydrogen-bond acceptors (Lipinski definition) is 7. The monoisotopic (exact) mass is 562 g/mol. The van der Waals surface area contributed by atoms with E-state index in [0.717, 1.165) is 16.1 Å². The molecule has 0 spiro atoms. The van der Waals surface area contributed by atoms with Gasteiger partial charge in [-0.25, -0.2) is 14.3 Å². The number of aromatic nitrogens is 4. The van der Waals surface area contributed by atoms with E-state index in [4.69, 9.17) is 16.6 Å². The van der Waals surface area contributed by atoms with Gasteiger partial charge in [0.05, 0.1) is 26.7 Å². The van der Waals surface area contributed by atoms with Gasteiger partial charge in [-0.15, -0.1) is 11.3 Å². The smallest absolute Gasteiger partial charge is 0.349 e. The third-order valence-electron chi connectivity index (χ3n) is 7.20. The minimum Gasteiger partial charge on any atom is -0.349 e. The maximum atomic E-state index is 13.9. The first-order valence-corrected chi connectivity index (χ1v) is 14.2. The number of carbonyl (C=O) groups is 1. The van der Waals surface area contributed by atoms with Gasteiger partial charge in [-0.2, -0.15) is 4.98 Å². The molecule has 5 rings (SSSR count). The quantitative estimate of drug-likeness (QED) is 0.294. The Morgan fingerprint density at radius 1 is 1.21 bits per heavy atom. The first kappa shape index (κ1) is 27.0. The molecule has 0 aromatic carbocycles. The van der Waals surface area contributed by atoms with E-state index >= 15 is 0 Å². The van der Waals surface area contributed by atoms with Crippen LogP contribution in [0.5, 0.6) is 0 Å². The minimum absolute atomic E-state index is 0.0745. The number of aryl methyl sites for hydroxylation is 1. The number of nitrogens with zero attached hydrogens (tertiary/aromatic N) is 6. The Labute approximate surface area is 236 Å². The highest BCUT2D eigenvalue weighted by Gasteiger charge is 2.34. The third-order valence-corrected chi connectivity index (χ3v) is 8.51. The van der Waals surface area contributed by atoms with Gasteiger partial charge in [0.2, 0.25) is 5.91 Å². The molecule has 0 N–H and O–H groups in total. The Hall–Kier alpha value is -3.56. The van der Waals surface area contributed by atoms with Crippen LogP contribution in [-0.4, -0.2) is 55.5 Å². The standard InChI is InChI=1S/C29H31ClN6O2S/c1-7-23(37)34-14-19(6)35(15-18(34)5)27-20-13-21(30)25(26-17(4)10-12-39-26)32-28(20)36(29(38)33-27)22-9-8-11-31-24(22)16(2)3/h7-13,16,18-19H,1,14-15H2,2-6H3. The van der Waals surface area contributed by atoms with Crippen LogP contribution in [0.15, 0.2) is 53.3 Å². The number of rotatable bonds is 5. The van der Waals surface area contributed by atoms with Crippen molar-refractivity contribution < 1.29 is 4.79 Å². The lowest BCUT2D eigenvalue weighted by Gasteiger charge is -2.44. The maximum Gasteiger partial charge on any atom is 0.355 e. The average Bonchev–Trinajstić information content (AvgIpc) is 3.34. The zero-order valence-electron chi connectivity index (χ0n) is 22.7. The van der Waals surface area contributed by atoms with Gasteiger partial charge in [0.25, 0.3) is 0 Å². The molecule has 5 heterocycles. The van der Waals surface area contributed by atoms with E-state index in [0.29, 0.717) is 46.3 Å². The van der Waals surface area contributed by atoms with E-state index < -0.39 is 5.69 Å². The maximum absolute atomic E-state index is 13.9. The Morgan fingerprint density at radius 3 is 2.64 bits per heavy atom. The van der Waals surface area contributed by atoms with Crippen LogP contribution in [0.2, 0.25) is 5.02 Å². The summed E-state index contributed by atoms with van der Waals surface area (Å²) in [4.78, 5) is 45.4. The molecule has 1 aliphatic heterocycles. The summed E-state index contributed by atoms with van der Waals surface area (Å²) in [5.41, 5.74) is 3.14. The van der Waals surface area contributed by atoms with Gasteiger partial charge in [0, 0.05) is 31.4 Å². The Kier molecular flexibility index (Phi) is 7.31. The van der Waals surface area contributed by atoms with Crippen LogP contribution in [0.4, 0.5) is 5.82 Å². The summed E-state index contributed by atoms with van der Waals surface area (Å²) in [5, 5.41) is 3.15. The number of piperazine rings is 1. The van der Waals surface area contributed by atoms with Crippen LogP contribution >= 0.6 is 22.9 Å². The molecule has 10 heteroatoms. The van der Waals surface area contributed by atoms with Crippen molar-refractivity contribution in [3.63, 3.8) is 0 Å². The number of hydrogen-bond donors (Lipinski definition) is 0. The minimum atomic E-state index is -0.444. The van der Waals surface area contributed by atoms with Gasteiger partial charge in [-0.05, 0) is 68.0 Å². The predicted octanol–water partition coefficient (Wildman–Crippen LogP) is 5.60. The molecule has 2 atom stereocenters. The topological polar surface area (TPSA) is 84.2 Å². The lowest BCUT2D eigenvalue weighted by Crippen LogP contribution is -2.58. The van der Waals surface area contributed by atoms with Crippen molar-refractivity contribution in [1.29, 1.82) is 0 Å². The van der Waals surface area contributed by atoms with Crippen LogP contribution in [-0.2, 0) is 4.79 Å². The Morgan fingerprint density at radius 2 is 1.97 bits per heavy atom. The van der Waals surface area contributed by atoms with Crippen molar-refractivity contribution in [2.45, 2.75) is 52.6 Å². The van der Waals surface area contributed by atoms with Gasteiger partial charge in [-0.3, -0.25) is 9.78 Å². The van der Waals surface area contributed by atoms with Crippen LogP contribution in [0.1, 0.15) is 44.9 Å². The van der Waals surface area contributed by atoms with Crippen molar-refractivity contribution >= 4 is 45.7 Å². The highest BCUT2D eigenvalue weighted by Crippen LogP contribution is 2.38. The molecule has 0 saturated carbocycles. The molecular weight excluding hydrogens is 532 g/mol. The summed E-state index contributed by atoms with van der Waals surface area (Å²) >= 11 is 8.44. The lowest BCUT2D eigenvalue weighted by atomic mass is 10.1. The fourth-order valence-corrected chi connectivity index (χ4v) is 6.44. The van der Waals surface area contributed by atoms with Crippen molar-refractivity contribution in [2.24, 2.45) is 0 Å². The summed E-state index contributed by atoms with van der Waals surface area (Å²) < 4.78 is 1.55. The Bertz CT molecular complexity index is 1640. The number of amides is 1. The van der Waals surface area contributed by atoms with Crippen LogP contribution < -0.4 is 10.6 Å². The molecule has 1 amide bonds. The van der Waals surface area contributed by atoms with Gasteiger partial charge < -0.3 is 9.80 Å². The number of halogens is 1.